The van der Waals surface area contributed by atoms with Crippen LogP contribution in [0.5, 0.6) is 0 Å². The predicted octanol–water partition coefficient (Wildman–Crippen LogP) is 3.55. The Bertz CT molecular complexity index is 1110. The topological polar surface area (TPSA) is 107 Å². The van der Waals surface area contributed by atoms with Crippen LogP contribution in [0.3, 0.4) is 0 Å². The van der Waals surface area contributed by atoms with Gasteiger partial charge >= 0.3 is 0 Å². The first-order valence-electron chi connectivity index (χ1n) is 14.3. The van der Waals surface area contributed by atoms with E-state index in [1.54, 1.807) is 6.33 Å². The number of nitrogens with zero attached hydrogens (tertiary/aromatic N) is 5. The van der Waals surface area contributed by atoms with Crippen molar-refractivity contribution in [1.29, 1.82) is 0 Å². The standard InChI is InChI=1S/C29H42N8O/c1-21-6-7-24-18-23(21)17-22-5-3-14-37(15-8-22)16-9-26(38)32-12-4-11-30-25-19-29(2,10-13-31-25)27-33-20-34-28(35-24)36-27/h6-7,13,18-23,30H,3-5,8-12,14-17H2,1-2H3,(H,32,38)(H,33,34,35,36). The molecule has 1 amide bonds. The van der Waals surface area contributed by atoms with Gasteiger partial charge in [0.25, 0.3) is 0 Å². The van der Waals surface area contributed by atoms with Crippen LogP contribution >= 0.6 is 0 Å². The summed E-state index contributed by atoms with van der Waals surface area (Å²) in [4.78, 5) is 33.2. The molecule has 0 spiro atoms. The molecule has 0 saturated carbocycles. The Kier molecular flexibility index (Phi) is 8.51. The molecule has 5 unspecified atom stereocenters. The van der Waals surface area contributed by atoms with E-state index in [0.29, 0.717) is 36.7 Å². The van der Waals surface area contributed by atoms with Gasteiger partial charge in [0.1, 0.15) is 18.0 Å². The molecule has 4 aliphatic rings. The molecule has 1 fully saturated rings. The largest absolute Gasteiger partial charge is 0.370 e. The van der Waals surface area contributed by atoms with E-state index in [2.05, 4.69) is 74.0 Å². The first kappa shape index (κ1) is 26.5. The van der Waals surface area contributed by atoms with Gasteiger partial charge in [-0.2, -0.15) is 4.98 Å². The molecule has 1 aromatic rings. The number of nitrogens with one attached hydrogen (secondary N) is 3. The minimum absolute atomic E-state index is 0.144. The van der Waals surface area contributed by atoms with Crippen molar-refractivity contribution >= 4 is 18.1 Å². The lowest BCUT2D eigenvalue weighted by Crippen LogP contribution is -2.33. The number of hydrogen-bond donors (Lipinski definition) is 3. The van der Waals surface area contributed by atoms with Crippen LogP contribution in [0.25, 0.3) is 0 Å². The molecule has 9 heteroatoms. The Morgan fingerprint density at radius 1 is 1.08 bits per heavy atom. The van der Waals surface area contributed by atoms with Gasteiger partial charge in [0, 0.05) is 38.0 Å². The zero-order valence-electron chi connectivity index (χ0n) is 22.8. The quantitative estimate of drug-likeness (QED) is 0.482. The third-order valence-corrected chi connectivity index (χ3v) is 8.37. The zero-order chi connectivity index (χ0) is 26.4. The van der Waals surface area contributed by atoms with Crippen molar-refractivity contribution < 1.29 is 4.79 Å². The number of hydrogen-bond acceptors (Lipinski definition) is 8. The highest BCUT2D eigenvalue weighted by Crippen LogP contribution is 2.33. The lowest BCUT2D eigenvalue weighted by atomic mass is 9.80. The lowest BCUT2D eigenvalue weighted by molar-refractivity contribution is -0.121. The van der Waals surface area contributed by atoms with Gasteiger partial charge in [-0.3, -0.25) is 4.79 Å². The van der Waals surface area contributed by atoms with Gasteiger partial charge in [-0.15, -0.1) is 0 Å². The lowest BCUT2D eigenvalue weighted by Gasteiger charge is -2.28. The summed E-state index contributed by atoms with van der Waals surface area (Å²) in [6, 6.07) is 0. The van der Waals surface area contributed by atoms with Crippen molar-refractivity contribution in [3.63, 3.8) is 0 Å². The van der Waals surface area contributed by atoms with Crippen LogP contribution in [0.1, 0.15) is 64.6 Å². The highest BCUT2D eigenvalue weighted by Gasteiger charge is 2.30. The summed E-state index contributed by atoms with van der Waals surface area (Å²) < 4.78 is 0. The van der Waals surface area contributed by atoms with Gasteiger partial charge in [-0.05, 0) is 88.4 Å². The van der Waals surface area contributed by atoms with Crippen LogP contribution in [0.2, 0.25) is 0 Å². The number of rotatable bonds is 0. The predicted molar refractivity (Wildman–Crippen MR) is 151 cm³/mol. The van der Waals surface area contributed by atoms with Crippen molar-refractivity contribution in [2.75, 3.05) is 38.0 Å². The number of anilines is 1. The molecule has 3 aliphatic heterocycles. The van der Waals surface area contributed by atoms with E-state index < -0.39 is 0 Å². The fourth-order valence-electron chi connectivity index (χ4n) is 5.90. The number of allylic oxidation sites excluding steroid dienone is 4. The number of aliphatic imine (C=N–C) groups is 1. The highest BCUT2D eigenvalue weighted by atomic mass is 16.1. The van der Waals surface area contributed by atoms with Crippen LogP contribution in [-0.4, -0.2) is 64.7 Å². The maximum Gasteiger partial charge on any atom is 0.230 e. The Hall–Kier alpha value is -3.07. The number of aromatic nitrogens is 3. The van der Waals surface area contributed by atoms with Gasteiger partial charge in [0.05, 0.1) is 5.41 Å². The number of fused-ring (bicyclic) bond motifs is 8. The summed E-state index contributed by atoms with van der Waals surface area (Å²) in [6.07, 6.45) is 19.4. The molecule has 9 nitrogen and oxygen atoms in total. The van der Waals surface area contributed by atoms with Crippen LogP contribution in [0.15, 0.2) is 47.1 Å². The van der Waals surface area contributed by atoms with Crippen molar-refractivity contribution in [3.05, 3.63) is 48.0 Å². The fourth-order valence-corrected chi connectivity index (χ4v) is 5.90. The molecule has 4 heterocycles. The summed E-state index contributed by atoms with van der Waals surface area (Å²) in [5.74, 6) is 3.94. The minimum Gasteiger partial charge on any atom is -0.370 e. The van der Waals surface area contributed by atoms with E-state index in [1.807, 2.05) is 6.21 Å². The maximum absolute atomic E-state index is 12.4. The Balaban J connectivity index is 1.36. The van der Waals surface area contributed by atoms with E-state index >= 15 is 0 Å². The highest BCUT2D eigenvalue weighted by molar-refractivity contribution is 5.76. The second kappa shape index (κ2) is 12.2. The Morgan fingerprint density at radius 3 is 2.89 bits per heavy atom. The second-order valence-corrected chi connectivity index (χ2v) is 11.5. The molecule has 204 valence electrons. The van der Waals surface area contributed by atoms with Gasteiger partial charge in [0.2, 0.25) is 11.9 Å². The van der Waals surface area contributed by atoms with Gasteiger partial charge in [0.15, 0.2) is 0 Å². The number of amides is 1. The summed E-state index contributed by atoms with van der Waals surface area (Å²) in [5.41, 5.74) is 0.673. The molecule has 1 aliphatic carbocycles. The fraction of sp³-hybridized carbons (Fsp3) is 0.621. The summed E-state index contributed by atoms with van der Waals surface area (Å²) >= 11 is 0. The van der Waals surface area contributed by atoms with Crippen LogP contribution in [0, 0.1) is 17.8 Å². The average Bonchev–Trinajstić information content (AvgIpc) is 3.14. The van der Waals surface area contributed by atoms with Crippen molar-refractivity contribution in [3.8, 4) is 0 Å². The van der Waals surface area contributed by atoms with Crippen LogP contribution < -0.4 is 16.0 Å². The van der Waals surface area contributed by atoms with Crippen molar-refractivity contribution in [2.24, 2.45) is 22.7 Å². The van der Waals surface area contributed by atoms with Gasteiger partial charge in [-0.1, -0.05) is 19.1 Å². The Morgan fingerprint density at radius 2 is 1.97 bits per heavy atom. The van der Waals surface area contributed by atoms with E-state index in [0.717, 1.165) is 56.4 Å². The summed E-state index contributed by atoms with van der Waals surface area (Å²) in [6.45, 7) is 8.85. The molecule has 5 rings (SSSR count). The number of carbonyl (C=O) groups excluding carboxylic acids is 1. The average molecular weight is 519 g/mol. The van der Waals surface area contributed by atoms with Crippen molar-refractivity contribution in [1.82, 2.24) is 30.5 Å². The Labute approximate surface area is 226 Å². The molecule has 3 N–H and O–H groups in total. The zero-order valence-corrected chi connectivity index (χ0v) is 22.8. The van der Waals surface area contributed by atoms with E-state index in [1.165, 1.54) is 25.7 Å². The molecule has 38 heavy (non-hydrogen) atoms. The molecule has 8 bridgehead atoms. The summed E-state index contributed by atoms with van der Waals surface area (Å²) in [5, 5.41) is 9.95. The molecular formula is C29H42N8O. The normalized spacial score (nSPS) is 32.6. The SMILES string of the molecule is CC1C=CC2=CC1CC1CCCN(CCC(=O)NCCCNC3=CC(C)(CC=N3)c3ncnc(n3)N2)CC1. The minimum atomic E-state index is -0.381. The van der Waals surface area contributed by atoms with Gasteiger partial charge < -0.3 is 20.9 Å². The first-order chi connectivity index (χ1) is 18.5. The molecule has 1 aromatic heterocycles. The molecule has 5 atom stereocenters. The molecular weight excluding hydrogens is 476 g/mol. The monoisotopic (exact) mass is 518 g/mol. The molecule has 0 aromatic carbocycles. The third kappa shape index (κ3) is 6.87. The first-order valence-corrected chi connectivity index (χ1v) is 14.3. The van der Waals surface area contributed by atoms with E-state index in [4.69, 9.17) is 4.98 Å². The number of carbonyl (C=O) groups is 1. The molecule has 0 radical (unpaired) electrons. The second-order valence-electron chi connectivity index (χ2n) is 11.5. The third-order valence-electron chi connectivity index (χ3n) is 8.37. The van der Waals surface area contributed by atoms with Crippen molar-refractivity contribution in [2.45, 2.75) is 64.2 Å². The van der Waals surface area contributed by atoms with Crippen LogP contribution in [-0.2, 0) is 10.2 Å². The van der Waals surface area contributed by atoms with Crippen LogP contribution in [0.4, 0.5) is 5.95 Å². The van der Waals surface area contributed by atoms with Gasteiger partial charge in [-0.25, -0.2) is 15.0 Å². The smallest absolute Gasteiger partial charge is 0.230 e. The van der Waals surface area contributed by atoms with E-state index in [-0.39, 0.29) is 11.3 Å². The maximum atomic E-state index is 12.4. The summed E-state index contributed by atoms with van der Waals surface area (Å²) in [7, 11) is 0. The molecule has 1 saturated heterocycles. The van der Waals surface area contributed by atoms with E-state index in [9.17, 15) is 4.79 Å².